The van der Waals surface area contributed by atoms with E-state index in [0.717, 1.165) is 4.57 Å². The highest BCUT2D eigenvalue weighted by molar-refractivity contribution is 6.32. The van der Waals surface area contributed by atoms with Crippen molar-refractivity contribution in [2.75, 3.05) is 0 Å². The van der Waals surface area contributed by atoms with Gasteiger partial charge in [0.1, 0.15) is 12.2 Å². The average molecular weight is 349 g/mol. The van der Waals surface area contributed by atoms with Crippen molar-refractivity contribution in [3.63, 3.8) is 0 Å². The van der Waals surface area contributed by atoms with Crippen LogP contribution in [0.3, 0.4) is 0 Å². The Labute approximate surface area is 135 Å². The van der Waals surface area contributed by atoms with E-state index in [1.807, 2.05) is 0 Å². The second kappa shape index (κ2) is 6.07. The SMILES string of the molecule is Cc1cc(=O)[nH]c(=O)n1[C@@H]1O[C@H]([C@@H](C)O)C(O)[C@]1(Cl)C#CCl. The van der Waals surface area contributed by atoms with Crippen molar-refractivity contribution < 1.29 is 14.9 Å². The monoisotopic (exact) mass is 348 g/mol. The number of nitrogens with zero attached hydrogens (tertiary/aromatic N) is 1. The second-order valence-corrected chi connectivity index (χ2v) is 5.89. The van der Waals surface area contributed by atoms with Gasteiger partial charge in [-0.25, -0.2) is 4.79 Å². The lowest BCUT2D eigenvalue weighted by atomic mass is 9.97. The molecule has 2 rings (SSSR count). The van der Waals surface area contributed by atoms with Gasteiger partial charge in [0.05, 0.1) is 6.10 Å². The van der Waals surface area contributed by atoms with Gasteiger partial charge in [-0.05, 0) is 25.4 Å². The molecule has 1 saturated heterocycles. The maximum Gasteiger partial charge on any atom is 0.330 e. The lowest BCUT2D eigenvalue weighted by molar-refractivity contribution is -0.0778. The molecule has 1 fully saturated rings. The molecule has 1 aromatic heterocycles. The molecule has 7 nitrogen and oxygen atoms in total. The van der Waals surface area contributed by atoms with Gasteiger partial charge in [0.15, 0.2) is 11.1 Å². The van der Waals surface area contributed by atoms with Crippen LogP contribution >= 0.6 is 23.2 Å². The first-order chi connectivity index (χ1) is 10.2. The number of H-pyrrole nitrogens is 1. The lowest BCUT2D eigenvalue weighted by Gasteiger charge is -2.26. The van der Waals surface area contributed by atoms with Crippen LogP contribution in [0, 0.1) is 18.2 Å². The molecular formula is C13H14Cl2N2O5. The van der Waals surface area contributed by atoms with Crippen molar-refractivity contribution in [1.82, 2.24) is 9.55 Å². The zero-order valence-electron chi connectivity index (χ0n) is 11.7. The minimum absolute atomic E-state index is 0.263. The number of rotatable bonds is 2. The smallest absolute Gasteiger partial charge is 0.330 e. The van der Waals surface area contributed by atoms with Crippen LogP contribution in [0.25, 0.3) is 0 Å². The van der Waals surface area contributed by atoms with E-state index in [-0.39, 0.29) is 5.69 Å². The molecule has 2 heterocycles. The molecule has 120 valence electrons. The van der Waals surface area contributed by atoms with Gasteiger partial charge in [0.25, 0.3) is 5.56 Å². The first-order valence-corrected chi connectivity index (χ1v) is 7.13. The van der Waals surface area contributed by atoms with Crippen LogP contribution in [0.5, 0.6) is 0 Å². The number of aliphatic hydroxyl groups excluding tert-OH is 2. The summed E-state index contributed by atoms with van der Waals surface area (Å²) in [4.78, 5) is 23.7. The summed E-state index contributed by atoms with van der Waals surface area (Å²) in [5.41, 5.74) is -1.08. The van der Waals surface area contributed by atoms with Gasteiger partial charge < -0.3 is 14.9 Å². The van der Waals surface area contributed by atoms with Gasteiger partial charge in [-0.15, -0.1) is 0 Å². The van der Waals surface area contributed by atoms with Crippen molar-refractivity contribution in [2.45, 2.75) is 43.3 Å². The zero-order valence-corrected chi connectivity index (χ0v) is 13.2. The fraction of sp³-hybridized carbons (Fsp3) is 0.538. The fourth-order valence-electron chi connectivity index (χ4n) is 2.45. The lowest BCUT2D eigenvalue weighted by Crippen LogP contribution is -2.45. The largest absolute Gasteiger partial charge is 0.391 e. The van der Waals surface area contributed by atoms with E-state index in [0.29, 0.717) is 0 Å². The normalized spacial score (nSPS) is 32.4. The van der Waals surface area contributed by atoms with Crippen LogP contribution < -0.4 is 11.2 Å². The predicted molar refractivity (Wildman–Crippen MR) is 79.9 cm³/mol. The Kier molecular flexibility index (Phi) is 4.70. The summed E-state index contributed by atoms with van der Waals surface area (Å²) < 4.78 is 6.60. The molecule has 0 bridgehead atoms. The van der Waals surface area contributed by atoms with Gasteiger partial charge in [-0.1, -0.05) is 17.5 Å². The molecular weight excluding hydrogens is 335 g/mol. The number of aromatic amines is 1. The van der Waals surface area contributed by atoms with Crippen molar-refractivity contribution in [3.05, 3.63) is 32.6 Å². The molecule has 5 atom stereocenters. The molecule has 1 aromatic rings. The molecule has 1 unspecified atom stereocenters. The number of hydrogen-bond donors (Lipinski definition) is 3. The van der Waals surface area contributed by atoms with Gasteiger partial charge >= 0.3 is 5.69 Å². The number of ether oxygens (including phenoxy) is 1. The number of aliphatic hydroxyl groups is 2. The third kappa shape index (κ3) is 2.69. The molecule has 0 saturated carbocycles. The number of halogens is 2. The molecule has 22 heavy (non-hydrogen) atoms. The van der Waals surface area contributed by atoms with Gasteiger partial charge in [-0.2, -0.15) is 0 Å². The molecule has 9 heteroatoms. The standard InChI is InChI=1S/C13H14Cl2N2O5/c1-6-5-8(19)16-12(21)17(6)11-13(15,3-4-14)10(20)9(22-11)7(2)18/h5,7,9-11,18,20H,1-2H3,(H,16,19,21)/t7-,9-,10?,11-,13-/m1/s1. The first kappa shape index (κ1) is 17.1. The number of hydrogen-bond acceptors (Lipinski definition) is 5. The van der Waals surface area contributed by atoms with E-state index in [4.69, 9.17) is 27.9 Å². The maximum atomic E-state index is 12.1. The first-order valence-electron chi connectivity index (χ1n) is 6.38. The molecule has 0 spiro atoms. The average Bonchev–Trinajstić information content (AvgIpc) is 2.63. The topological polar surface area (TPSA) is 105 Å². The maximum absolute atomic E-state index is 12.1. The molecule has 1 aliphatic heterocycles. The highest BCUT2D eigenvalue weighted by Crippen LogP contribution is 2.44. The van der Waals surface area contributed by atoms with Gasteiger partial charge in [0, 0.05) is 17.1 Å². The third-order valence-electron chi connectivity index (χ3n) is 3.50. The number of nitrogens with one attached hydrogen (secondary N) is 1. The summed E-state index contributed by atoms with van der Waals surface area (Å²) in [5.74, 6) is 2.42. The Morgan fingerprint density at radius 3 is 2.68 bits per heavy atom. The van der Waals surface area contributed by atoms with Gasteiger partial charge in [-0.3, -0.25) is 14.3 Å². The summed E-state index contributed by atoms with van der Waals surface area (Å²) in [6.45, 7) is 2.91. The third-order valence-corrected chi connectivity index (χ3v) is 4.10. The van der Waals surface area contributed by atoms with E-state index >= 15 is 0 Å². The van der Waals surface area contributed by atoms with E-state index in [2.05, 4.69) is 16.3 Å². The Bertz CT molecular complexity index is 747. The molecule has 3 N–H and O–H groups in total. The van der Waals surface area contributed by atoms with Crippen LogP contribution in [0.15, 0.2) is 15.7 Å². The summed E-state index contributed by atoms with van der Waals surface area (Å²) in [5, 5.41) is 22.1. The summed E-state index contributed by atoms with van der Waals surface area (Å²) in [6.07, 6.45) is -4.77. The van der Waals surface area contributed by atoms with Crippen LogP contribution in [-0.4, -0.2) is 43.0 Å². The quantitative estimate of drug-likeness (QED) is 0.501. The zero-order chi connectivity index (χ0) is 16.7. The highest BCUT2D eigenvalue weighted by Gasteiger charge is 2.57. The summed E-state index contributed by atoms with van der Waals surface area (Å²) >= 11 is 11.7. The molecule has 0 radical (unpaired) electrons. The Morgan fingerprint density at radius 1 is 1.55 bits per heavy atom. The summed E-state index contributed by atoms with van der Waals surface area (Å²) in [6, 6.07) is 1.18. The van der Waals surface area contributed by atoms with Crippen LogP contribution in [-0.2, 0) is 4.74 Å². The van der Waals surface area contributed by atoms with Crippen LogP contribution in [0.4, 0.5) is 0 Å². The number of aromatic nitrogens is 2. The molecule has 0 aromatic carbocycles. The van der Waals surface area contributed by atoms with Crippen molar-refractivity contribution in [2.24, 2.45) is 0 Å². The van der Waals surface area contributed by atoms with E-state index < -0.39 is 40.7 Å². The Morgan fingerprint density at radius 2 is 2.18 bits per heavy atom. The minimum atomic E-state index is -1.75. The second-order valence-electron chi connectivity index (χ2n) is 5.08. The molecule has 0 amide bonds. The molecule has 0 aliphatic carbocycles. The van der Waals surface area contributed by atoms with E-state index in [9.17, 15) is 19.8 Å². The number of aryl methyl sites for hydroxylation is 1. The Balaban J connectivity index is 2.64. The predicted octanol–water partition coefficient (Wildman–Crippen LogP) is -0.339. The fourth-order valence-corrected chi connectivity index (χ4v) is 2.98. The van der Waals surface area contributed by atoms with Crippen molar-refractivity contribution in [3.8, 4) is 11.3 Å². The van der Waals surface area contributed by atoms with E-state index in [1.165, 1.54) is 19.9 Å². The highest BCUT2D eigenvalue weighted by atomic mass is 35.5. The van der Waals surface area contributed by atoms with Crippen LogP contribution in [0.2, 0.25) is 0 Å². The molecule has 1 aliphatic rings. The summed E-state index contributed by atoms with van der Waals surface area (Å²) in [7, 11) is 0. The minimum Gasteiger partial charge on any atom is -0.391 e. The van der Waals surface area contributed by atoms with Crippen molar-refractivity contribution in [1.29, 1.82) is 0 Å². The van der Waals surface area contributed by atoms with Crippen LogP contribution in [0.1, 0.15) is 18.8 Å². The van der Waals surface area contributed by atoms with Crippen molar-refractivity contribution >= 4 is 23.2 Å². The van der Waals surface area contributed by atoms with E-state index in [1.54, 1.807) is 0 Å². The Hall–Kier alpha value is -1.30. The van der Waals surface area contributed by atoms with Gasteiger partial charge in [0.2, 0.25) is 0 Å². The number of alkyl halides is 1.